The molecule has 7 heteroatoms. The van der Waals surface area contributed by atoms with E-state index in [1.165, 1.54) is 25.1 Å². The molecule has 2 aromatic carbocycles. The van der Waals surface area contributed by atoms with Crippen molar-refractivity contribution in [1.29, 1.82) is 0 Å². The van der Waals surface area contributed by atoms with Crippen LogP contribution in [0.1, 0.15) is 25.3 Å². The number of rotatable bonds is 4. The summed E-state index contributed by atoms with van der Waals surface area (Å²) in [6.07, 6.45) is 1.11. The van der Waals surface area contributed by atoms with Crippen molar-refractivity contribution in [2.75, 3.05) is 23.8 Å². The molecule has 2 aromatic rings. The Morgan fingerprint density at radius 3 is 2.37 bits per heavy atom. The Labute approximate surface area is 165 Å². The molecule has 1 aliphatic rings. The SMILES string of the molecule is CC(=O)Nc1cc(NC(=O)C2(c3ccc(Br)cc3)CCOCC2)ccc1F. The van der Waals surface area contributed by atoms with Gasteiger partial charge in [0, 0.05) is 30.3 Å². The highest BCUT2D eigenvalue weighted by molar-refractivity contribution is 9.10. The topological polar surface area (TPSA) is 67.4 Å². The van der Waals surface area contributed by atoms with Gasteiger partial charge in [0.15, 0.2) is 0 Å². The Balaban J connectivity index is 1.89. The van der Waals surface area contributed by atoms with Gasteiger partial charge in [-0.15, -0.1) is 0 Å². The molecule has 0 unspecified atom stereocenters. The van der Waals surface area contributed by atoms with Gasteiger partial charge >= 0.3 is 0 Å². The van der Waals surface area contributed by atoms with Gasteiger partial charge in [0.05, 0.1) is 11.1 Å². The summed E-state index contributed by atoms with van der Waals surface area (Å²) in [6, 6.07) is 11.8. The number of nitrogens with one attached hydrogen (secondary N) is 2. The minimum atomic E-state index is -0.721. The second-order valence-corrected chi connectivity index (χ2v) is 7.45. The Hall–Kier alpha value is -2.25. The molecule has 0 saturated carbocycles. The van der Waals surface area contributed by atoms with Gasteiger partial charge in [0.2, 0.25) is 11.8 Å². The first kappa shape index (κ1) is 19.5. The number of halogens is 2. The van der Waals surface area contributed by atoms with Crippen LogP contribution in [0, 0.1) is 5.82 Å². The van der Waals surface area contributed by atoms with E-state index in [4.69, 9.17) is 4.74 Å². The molecule has 2 amide bonds. The highest BCUT2D eigenvalue weighted by Gasteiger charge is 2.41. The number of benzene rings is 2. The standard InChI is InChI=1S/C20H20BrFN2O3/c1-13(25)23-18-12-16(6-7-17(18)22)24-19(26)20(8-10-27-11-9-20)14-2-4-15(21)5-3-14/h2-7,12H,8-11H2,1H3,(H,23,25)(H,24,26). The van der Waals surface area contributed by atoms with Crippen molar-refractivity contribution in [1.82, 2.24) is 0 Å². The van der Waals surface area contributed by atoms with Gasteiger partial charge < -0.3 is 15.4 Å². The lowest BCUT2D eigenvalue weighted by Gasteiger charge is -2.36. The molecule has 0 radical (unpaired) electrons. The summed E-state index contributed by atoms with van der Waals surface area (Å²) in [5.74, 6) is -1.11. The van der Waals surface area contributed by atoms with E-state index in [9.17, 15) is 14.0 Å². The first-order valence-corrected chi connectivity index (χ1v) is 9.42. The number of carbonyl (C=O) groups is 2. The second kappa shape index (κ2) is 8.19. The number of anilines is 2. The van der Waals surface area contributed by atoms with Gasteiger partial charge in [-0.25, -0.2) is 4.39 Å². The molecule has 3 rings (SSSR count). The maximum atomic E-state index is 13.9. The fraction of sp³-hybridized carbons (Fsp3) is 0.300. The largest absolute Gasteiger partial charge is 0.381 e. The summed E-state index contributed by atoms with van der Waals surface area (Å²) in [7, 11) is 0. The maximum Gasteiger partial charge on any atom is 0.235 e. The number of ether oxygens (including phenoxy) is 1. The zero-order chi connectivity index (χ0) is 19.4. The van der Waals surface area contributed by atoms with Gasteiger partial charge in [-0.3, -0.25) is 9.59 Å². The molecular weight excluding hydrogens is 415 g/mol. The Bertz CT molecular complexity index is 849. The molecule has 0 bridgehead atoms. The fourth-order valence-corrected chi connectivity index (χ4v) is 3.54. The molecule has 27 heavy (non-hydrogen) atoms. The molecular formula is C20H20BrFN2O3. The molecule has 1 saturated heterocycles. The summed E-state index contributed by atoms with van der Waals surface area (Å²) >= 11 is 3.42. The van der Waals surface area contributed by atoms with Crippen LogP contribution in [0.15, 0.2) is 46.9 Å². The summed E-state index contributed by atoms with van der Waals surface area (Å²) in [6.45, 7) is 2.28. The third-order valence-corrected chi connectivity index (χ3v) is 5.24. The molecule has 0 aromatic heterocycles. The van der Waals surface area contributed by atoms with Gasteiger partial charge in [0.25, 0.3) is 0 Å². The van der Waals surface area contributed by atoms with Crippen molar-refractivity contribution in [3.63, 3.8) is 0 Å². The van der Waals surface area contributed by atoms with Crippen LogP contribution in [0.4, 0.5) is 15.8 Å². The van der Waals surface area contributed by atoms with E-state index in [1.807, 2.05) is 24.3 Å². The highest BCUT2D eigenvalue weighted by Crippen LogP contribution is 2.37. The van der Waals surface area contributed by atoms with Crippen LogP contribution in [0.2, 0.25) is 0 Å². The minimum Gasteiger partial charge on any atom is -0.381 e. The van der Waals surface area contributed by atoms with Crippen LogP contribution in [0.25, 0.3) is 0 Å². The van der Waals surface area contributed by atoms with Crippen LogP contribution in [-0.4, -0.2) is 25.0 Å². The molecule has 0 aliphatic carbocycles. The Morgan fingerprint density at radius 2 is 1.74 bits per heavy atom. The van der Waals surface area contributed by atoms with Crippen molar-refractivity contribution in [2.24, 2.45) is 0 Å². The fourth-order valence-electron chi connectivity index (χ4n) is 3.27. The zero-order valence-electron chi connectivity index (χ0n) is 14.9. The van der Waals surface area contributed by atoms with Gasteiger partial charge in [-0.2, -0.15) is 0 Å². The average Bonchev–Trinajstić information content (AvgIpc) is 2.65. The number of carbonyl (C=O) groups excluding carboxylic acids is 2. The first-order chi connectivity index (χ1) is 12.9. The van der Waals surface area contributed by atoms with E-state index in [0.717, 1.165) is 10.0 Å². The predicted molar refractivity (Wildman–Crippen MR) is 105 cm³/mol. The van der Waals surface area contributed by atoms with Crippen molar-refractivity contribution in [3.8, 4) is 0 Å². The summed E-state index contributed by atoms with van der Waals surface area (Å²) in [5, 5.41) is 5.31. The normalized spacial score (nSPS) is 15.8. The van der Waals surface area contributed by atoms with E-state index in [1.54, 1.807) is 0 Å². The van der Waals surface area contributed by atoms with Crippen molar-refractivity contribution in [2.45, 2.75) is 25.2 Å². The first-order valence-electron chi connectivity index (χ1n) is 8.63. The molecule has 1 heterocycles. The molecule has 0 atom stereocenters. The van der Waals surface area contributed by atoms with Crippen molar-refractivity contribution in [3.05, 3.63) is 58.3 Å². The highest BCUT2D eigenvalue weighted by atomic mass is 79.9. The lowest BCUT2D eigenvalue weighted by molar-refractivity contribution is -0.125. The summed E-state index contributed by atoms with van der Waals surface area (Å²) < 4.78 is 20.3. The lowest BCUT2D eigenvalue weighted by Crippen LogP contribution is -2.44. The predicted octanol–water partition coefficient (Wildman–Crippen LogP) is 4.23. The Kier molecular flexibility index (Phi) is 5.92. The van der Waals surface area contributed by atoms with Gasteiger partial charge in [0.1, 0.15) is 5.82 Å². The summed E-state index contributed by atoms with van der Waals surface area (Å²) in [5.41, 5.74) is 0.649. The lowest BCUT2D eigenvalue weighted by atomic mass is 9.73. The average molecular weight is 435 g/mol. The van der Waals surface area contributed by atoms with Crippen molar-refractivity contribution < 1.29 is 18.7 Å². The molecule has 1 aliphatic heterocycles. The van der Waals surface area contributed by atoms with E-state index in [0.29, 0.717) is 31.7 Å². The van der Waals surface area contributed by atoms with Gasteiger partial charge in [-0.05, 0) is 48.7 Å². The molecule has 1 fully saturated rings. The van der Waals surface area contributed by atoms with Crippen molar-refractivity contribution >= 4 is 39.1 Å². The summed E-state index contributed by atoms with van der Waals surface area (Å²) in [4.78, 5) is 24.5. The van der Waals surface area contributed by atoms with Crippen LogP contribution in [0.5, 0.6) is 0 Å². The van der Waals surface area contributed by atoms with Crippen LogP contribution in [0.3, 0.4) is 0 Å². The van der Waals surface area contributed by atoms with E-state index in [2.05, 4.69) is 26.6 Å². The molecule has 5 nitrogen and oxygen atoms in total. The number of hydrogen-bond acceptors (Lipinski definition) is 3. The third kappa shape index (κ3) is 4.36. The minimum absolute atomic E-state index is 0.0324. The maximum absolute atomic E-state index is 13.9. The van der Waals surface area contributed by atoms with Crippen LogP contribution in [-0.2, 0) is 19.7 Å². The quantitative estimate of drug-likeness (QED) is 0.756. The molecule has 0 spiro atoms. The smallest absolute Gasteiger partial charge is 0.235 e. The van der Waals surface area contributed by atoms with Gasteiger partial charge in [-0.1, -0.05) is 28.1 Å². The van der Waals surface area contributed by atoms with E-state index in [-0.39, 0.29) is 17.5 Å². The van der Waals surface area contributed by atoms with E-state index < -0.39 is 11.2 Å². The monoisotopic (exact) mass is 434 g/mol. The number of amides is 2. The van der Waals surface area contributed by atoms with Crippen LogP contribution < -0.4 is 10.6 Å². The Morgan fingerprint density at radius 1 is 1.07 bits per heavy atom. The zero-order valence-corrected chi connectivity index (χ0v) is 16.4. The number of hydrogen-bond donors (Lipinski definition) is 2. The molecule has 142 valence electrons. The molecule has 2 N–H and O–H groups in total. The van der Waals surface area contributed by atoms with E-state index >= 15 is 0 Å². The van der Waals surface area contributed by atoms with Crippen LogP contribution >= 0.6 is 15.9 Å². The third-order valence-electron chi connectivity index (χ3n) is 4.71. The second-order valence-electron chi connectivity index (χ2n) is 6.53.